The van der Waals surface area contributed by atoms with Crippen molar-refractivity contribution in [2.75, 3.05) is 7.05 Å². The third-order valence-corrected chi connectivity index (χ3v) is 4.75. The Balaban J connectivity index is 1.98. The molecule has 0 saturated carbocycles. The predicted molar refractivity (Wildman–Crippen MR) is 101 cm³/mol. The van der Waals surface area contributed by atoms with Gasteiger partial charge in [0.1, 0.15) is 5.82 Å². The number of hydrogen-bond donors (Lipinski definition) is 2. The normalized spacial score (nSPS) is 15.4. The SMILES string of the molecule is CNC(=O)CC[C@@H]1NC(=O)c2ccccc2-n2c1nc1ccccc1c2=O. The van der Waals surface area contributed by atoms with Crippen LogP contribution in [-0.4, -0.2) is 28.4 Å². The maximum Gasteiger partial charge on any atom is 0.266 e. The van der Waals surface area contributed by atoms with E-state index < -0.39 is 6.04 Å². The number of carbonyl (C=O) groups is 2. The van der Waals surface area contributed by atoms with Gasteiger partial charge in [-0.2, -0.15) is 0 Å². The number of rotatable bonds is 3. The van der Waals surface area contributed by atoms with Gasteiger partial charge in [-0.25, -0.2) is 4.98 Å². The van der Waals surface area contributed by atoms with Gasteiger partial charge < -0.3 is 10.6 Å². The number of nitrogens with one attached hydrogen (secondary N) is 2. The summed E-state index contributed by atoms with van der Waals surface area (Å²) in [4.78, 5) is 42.4. The van der Waals surface area contributed by atoms with Crippen LogP contribution in [0.3, 0.4) is 0 Å². The smallest absolute Gasteiger partial charge is 0.266 e. The van der Waals surface area contributed by atoms with Crippen molar-refractivity contribution in [1.82, 2.24) is 20.2 Å². The van der Waals surface area contributed by atoms with Crippen LogP contribution < -0.4 is 16.2 Å². The van der Waals surface area contributed by atoms with Gasteiger partial charge in [-0.3, -0.25) is 19.0 Å². The lowest BCUT2D eigenvalue weighted by Gasteiger charge is -2.18. The monoisotopic (exact) mass is 362 g/mol. The molecule has 2 heterocycles. The van der Waals surface area contributed by atoms with E-state index in [1.807, 2.05) is 6.07 Å². The average molecular weight is 362 g/mol. The molecule has 0 unspecified atom stereocenters. The summed E-state index contributed by atoms with van der Waals surface area (Å²) in [6.45, 7) is 0. The van der Waals surface area contributed by atoms with E-state index in [-0.39, 0.29) is 23.8 Å². The Bertz CT molecular complexity index is 1120. The van der Waals surface area contributed by atoms with Crippen LogP contribution in [0.25, 0.3) is 16.6 Å². The zero-order chi connectivity index (χ0) is 19.0. The third-order valence-electron chi connectivity index (χ3n) is 4.75. The van der Waals surface area contributed by atoms with Gasteiger partial charge in [-0.05, 0) is 30.7 Å². The van der Waals surface area contributed by atoms with Crippen LogP contribution in [-0.2, 0) is 4.79 Å². The first-order chi connectivity index (χ1) is 13.1. The lowest BCUT2D eigenvalue weighted by atomic mass is 10.1. The molecule has 1 aliphatic heterocycles. The Morgan fingerprint density at radius 2 is 1.89 bits per heavy atom. The van der Waals surface area contributed by atoms with E-state index in [1.54, 1.807) is 49.5 Å². The molecule has 1 aliphatic rings. The second-order valence-corrected chi connectivity index (χ2v) is 6.38. The van der Waals surface area contributed by atoms with Gasteiger partial charge in [0.15, 0.2) is 0 Å². The summed E-state index contributed by atoms with van der Waals surface area (Å²) < 4.78 is 1.49. The molecule has 0 saturated heterocycles. The molecule has 4 rings (SSSR count). The van der Waals surface area contributed by atoms with Crippen LogP contribution in [0.15, 0.2) is 53.3 Å². The highest BCUT2D eigenvalue weighted by Crippen LogP contribution is 2.27. The Labute approximate surface area is 155 Å². The van der Waals surface area contributed by atoms with Crippen LogP contribution in [0.1, 0.15) is 35.1 Å². The fraction of sp³-hybridized carbons (Fsp3) is 0.200. The van der Waals surface area contributed by atoms with Crippen molar-refractivity contribution >= 4 is 22.7 Å². The Morgan fingerprint density at radius 3 is 2.70 bits per heavy atom. The third kappa shape index (κ3) is 2.87. The van der Waals surface area contributed by atoms with E-state index in [1.165, 1.54) is 4.57 Å². The minimum atomic E-state index is -0.556. The summed E-state index contributed by atoms with van der Waals surface area (Å²) in [5.74, 6) is 0.00284. The largest absolute Gasteiger partial charge is 0.359 e. The second-order valence-electron chi connectivity index (χ2n) is 6.38. The molecule has 0 radical (unpaired) electrons. The van der Waals surface area contributed by atoms with Crippen LogP contribution in [0.4, 0.5) is 0 Å². The van der Waals surface area contributed by atoms with Gasteiger partial charge in [-0.1, -0.05) is 24.3 Å². The molecule has 0 fully saturated rings. The van der Waals surface area contributed by atoms with Crippen molar-refractivity contribution in [3.05, 3.63) is 70.3 Å². The predicted octanol–water partition coefficient (Wildman–Crippen LogP) is 1.70. The summed E-state index contributed by atoms with van der Waals surface area (Å²) in [7, 11) is 1.56. The van der Waals surface area contributed by atoms with E-state index in [0.717, 1.165) is 0 Å². The van der Waals surface area contributed by atoms with E-state index in [4.69, 9.17) is 0 Å². The average Bonchev–Trinajstić information content (AvgIpc) is 2.81. The van der Waals surface area contributed by atoms with Gasteiger partial charge in [-0.15, -0.1) is 0 Å². The zero-order valence-corrected chi connectivity index (χ0v) is 14.7. The molecule has 1 aromatic heterocycles. The topological polar surface area (TPSA) is 93.1 Å². The Hall–Kier alpha value is -3.48. The first kappa shape index (κ1) is 17.0. The summed E-state index contributed by atoms with van der Waals surface area (Å²) in [5, 5.41) is 5.98. The molecule has 2 N–H and O–H groups in total. The minimum Gasteiger partial charge on any atom is -0.359 e. The number of para-hydroxylation sites is 2. The fourth-order valence-electron chi connectivity index (χ4n) is 3.38. The fourth-order valence-corrected chi connectivity index (χ4v) is 3.38. The molecule has 1 atom stereocenters. The van der Waals surface area contributed by atoms with Crippen molar-refractivity contribution in [2.45, 2.75) is 18.9 Å². The summed E-state index contributed by atoms with van der Waals surface area (Å²) in [6.07, 6.45) is 0.546. The number of fused-ring (bicyclic) bond motifs is 4. The van der Waals surface area contributed by atoms with Crippen LogP contribution in [0.2, 0.25) is 0 Å². The van der Waals surface area contributed by atoms with E-state index in [0.29, 0.717) is 34.4 Å². The van der Waals surface area contributed by atoms with Crippen molar-refractivity contribution in [1.29, 1.82) is 0 Å². The molecule has 0 bridgehead atoms. The molecular formula is C20H18N4O3. The zero-order valence-electron chi connectivity index (χ0n) is 14.7. The highest BCUT2D eigenvalue weighted by Gasteiger charge is 2.29. The standard InChI is InChI=1S/C20H18N4O3/c1-21-17(25)11-10-15-18-22-14-8-4-2-6-12(14)20(27)24(18)16-9-5-3-7-13(16)19(26)23-15/h2-9,15H,10-11H2,1H3,(H,21,25)(H,23,26)/t15-/m0/s1. The molecule has 2 amide bonds. The number of benzene rings is 2. The molecule has 7 nitrogen and oxygen atoms in total. The van der Waals surface area contributed by atoms with Gasteiger partial charge >= 0.3 is 0 Å². The summed E-state index contributed by atoms with van der Waals surface area (Å²) >= 11 is 0. The second kappa shape index (κ2) is 6.68. The maximum absolute atomic E-state index is 13.2. The molecular weight excluding hydrogens is 344 g/mol. The van der Waals surface area contributed by atoms with E-state index in [9.17, 15) is 14.4 Å². The molecule has 136 valence electrons. The van der Waals surface area contributed by atoms with Crippen molar-refractivity contribution < 1.29 is 9.59 Å². The first-order valence-corrected chi connectivity index (χ1v) is 8.72. The van der Waals surface area contributed by atoms with Gasteiger partial charge in [0, 0.05) is 13.5 Å². The van der Waals surface area contributed by atoms with Crippen LogP contribution in [0.5, 0.6) is 0 Å². The Morgan fingerprint density at radius 1 is 1.15 bits per heavy atom. The molecule has 2 aromatic carbocycles. The summed E-state index contributed by atoms with van der Waals surface area (Å²) in [5.41, 5.74) is 1.23. The highest BCUT2D eigenvalue weighted by atomic mass is 16.2. The van der Waals surface area contributed by atoms with Crippen molar-refractivity contribution in [2.24, 2.45) is 0 Å². The lowest BCUT2D eigenvalue weighted by molar-refractivity contribution is -0.120. The maximum atomic E-state index is 13.2. The number of aromatic nitrogens is 2. The molecule has 0 spiro atoms. The number of carbonyl (C=O) groups excluding carboxylic acids is 2. The van der Waals surface area contributed by atoms with Crippen LogP contribution >= 0.6 is 0 Å². The number of nitrogens with zero attached hydrogens (tertiary/aromatic N) is 2. The number of amides is 2. The van der Waals surface area contributed by atoms with Crippen molar-refractivity contribution in [3.63, 3.8) is 0 Å². The van der Waals surface area contributed by atoms with Crippen molar-refractivity contribution in [3.8, 4) is 5.69 Å². The molecule has 0 aliphatic carbocycles. The molecule has 3 aromatic rings. The summed E-state index contributed by atoms with van der Waals surface area (Å²) in [6, 6.07) is 13.5. The quantitative estimate of drug-likeness (QED) is 0.742. The number of hydrogen-bond acceptors (Lipinski definition) is 4. The van der Waals surface area contributed by atoms with Gasteiger partial charge in [0.05, 0.1) is 28.2 Å². The van der Waals surface area contributed by atoms with E-state index in [2.05, 4.69) is 15.6 Å². The van der Waals surface area contributed by atoms with Gasteiger partial charge in [0.2, 0.25) is 5.91 Å². The lowest BCUT2D eigenvalue weighted by Crippen LogP contribution is -2.31. The highest BCUT2D eigenvalue weighted by molar-refractivity contribution is 5.98. The van der Waals surface area contributed by atoms with E-state index >= 15 is 0 Å². The first-order valence-electron chi connectivity index (χ1n) is 8.72. The molecule has 27 heavy (non-hydrogen) atoms. The minimum absolute atomic E-state index is 0.138. The van der Waals surface area contributed by atoms with Crippen LogP contribution in [0, 0.1) is 0 Å². The Kier molecular flexibility index (Phi) is 4.19. The van der Waals surface area contributed by atoms with Gasteiger partial charge in [0.25, 0.3) is 11.5 Å². The molecule has 7 heteroatoms.